The zero-order chi connectivity index (χ0) is 15.3. The minimum atomic E-state index is -0.359. The fourth-order valence-electron chi connectivity index (χ4n) is 2.56. The zero-order valence-electron chi connectivity index (χ0n) is 12.2. The molecule has 2 rings (SSSR count). The van der Waals surface area contributed by atoms with Crippen molar-refractivity contribution >= 4 is 24.2 Å². The average Bonchev–Trinajstić information content (AvgIpc) is 2.45. The lowest BCUT2D eigenvalue weighted by Gasteiger charge is -2.42. The molecular formula is C15H21ClFN3O2. The van der Waals surface area contributed by atoms with E-state index in [0.717, 1.165) is 24.8 Å². The van der Waals surface area contributed by atoms with Crippen LogP contribution >= 0.6 is 12.4 Å². The third kappa shape index (κ3) is 4.42. The van der Waals surface area contributed by atoms with Gasteiger partial charge in [0.2, 0.25) is 11.8 Å². The highest BCUT2D eigenvalue weighted by molar-refractivity contribution is 5.85. The van der Waals surface area contributed by atoms with E-state index in [1.54, 1.807) is 12.1 Å². The number of hydrogen-bond donors (Lipinski definition) is 3. The van der Waals surface area contributed by atoms with Gasteiger partial charge in [-0.15, -0.1) is 12.4 Å². The molecule has 1 aromatic carbocycles. The number of rotatable bonds is 6. The summed E-state index contributed by atoms with van der Waals surface area (Å²) in [5.41, 5.74) is 6.08. The SMILES string of the molecule is Cl.NCC(=O)NCC(=O)NCC1(c2ccc(F)cc2)CCC1. The summed E-state index contributed by atoms with van der Waals surface area (Å²) >= 11 is 0. The molecule has 5 nitrogen and oxygen atoms in total. The second kappa shape index (κ2) is 8.10. The summed E-state index contributed by atoms with van der Waals surface area (Å²) in [4.78, 5) is 22.7. The van der Waals surface area contributed by atoms with Gasteiger partial charge in [0, 0.05) is 12.0 Å². The predicted molar refractivity (Wildman–Crippen MR) is 84.3 cm³/mol. The van der Waals surface area contributed by atoms with E-state index in [0.29, 0.717) is 6.54 Å². The highest BCUT2D eigenvalue weighted by Gasteiger charge is 2.38. The van der Waals surface area contributed by atoms with Gasteiger partial charge in [-0.1, -0.05) is 18.6 Å². The molecule has 2 amide bonds. The Morgan fingerprint density at radius 2 is 1.77 bits per heavy atom. The van der Waals surface area contributed by atoms with Crippen molar-refractivity contribution in [1.82, 2.24) is 10.6 Å². The molecule has 122 valence electrons. The van der Waals surface area contributed by atoms with E-state index in [2.05, 4.69) is 10.6 Å². The maximum Gasteiger partial charge on any atom is 0.239 e. The third-order valence-electron chi connectivity index (χ3n) is 4.02. The van der Waals surface area contributed by atoms with Gasteiger partial charge in [-0.05, 0) is 30.5 Å². The number of hydrogen-bond acceptors (Lipinski definition) is 3. The summed E-state index contributed by atoms with van der Waals surface area (Å²) in [6, 6.07) is 6.44. The third-order valence-corrected chi connectivity index (χ3v) is 4.02. The fraction of sp³-hybridized carbons (Fsp3) is 0.467. The molecule has 0 saturated heterocycles. The minimum Gasteiger partial charge on any atom is -0.354 e. The van der Waals surface area contributed by atoms with Crippen molar-refractivity contribution in [3.63, 3.8) is 0 Å². The number of carbonyl (C=O) groups is 2. The number of nitrogens with one attached hydrogen (secondary N) is 2. The number of carbonyl (C=O) groups excluding carboxylic acids is 2. The van der Waals surface area contributed by atoms with Crippen LogP contribution in [0, 0.1) is 5.82 Å². The summed E-state index contributed by atoms with van der Waals surface area (Å²) in [6.45, 7) is 0.290. The van der Waals surface area contributed by atoms with Crippen LogP contribution in [0.2, 0.25) is 0 Å². The Hall–Kier alpha value is -1.66. The molecule has 0 heterocycles. The van der Waals surface area contributed by atoms with Gasteiger partial charge in [0.15, 0.2) is 0 Å². The van der Waals surface area contributed by atoms with E-state index >= 15 is 0 Å². The monoisotopic (exact) mass is 329 g/mol. The Balaban J connectivity index is 0.00000242. The summed E-state index contributed by atoms with van der Waals surface area (Å²) in [5.74, 6) is -0.867. The summed E-state index contributed by atoms with van der Waals surface area (Å²) in [7, 11) is 0. The molecule has 4 N–H and O–H groups in total. The first-order valence-electron chi connectivity index (χ1n) is 7.05. The largest absolute Gasteiger partial charge is 0.354 e. The van der Waals surface area contributed by atoms with Crippen molar-refractivity contribution in [1.29, 1.82) is 0 Å². The summed E-state index contributed by atoms with van der Waals surface area (Å²) in [5, 5.41) is 5.26. The Labute approximate surface area is 135 Å². The predicted octanol–water partition coefficient (Wildman–Crippen LogP) is 0.860. The lowest BCUT2D eigenvalue weighted by molar-refractivity contribution is -0.125. The van der Waals surface area contributed by atoms with Crippen LogP contribution in [-0.4, -0.2) is 31.4 Å². The highest BCUT2D eigenvalue weighted by Crippen LogP contribution is 2.43. The lowest BCUT2D eigenvalue weighted by atomic mass is 9.64. The van der Waals surface area contributed by atoms with E-state index < -0.39 is 0 Å². The molecule has 7 heteroatoms. The number of amides is 2. The molecule has 22 heavy (non-hydrogen) atoms. The quantitative estimate of drug-likeness (QED) is 0.723. The molecule has 1 aliphatic rings. The zero-order valence-corrected chi connectivity index (χ0v) is 13.0. The van der Waals surface area contributed by atoms with Crippen LogP contribution in [-0.2, 0) is 15.0 Å². The van der Waals surface area contributed by atoms with Gasteiger partial charge in [-0.2, -0.15) is 0 Å². The van der Waals surface area contributed by atoms with Crippen molar-refractivity contribution in [2.45, 2.75) is 24.7 Å². The van der Waals surface area contributed by atoms with Crippen molar-refractivity contribution < 1.29 is 14.0 Å². The summed E-state index contributed by atoms with van der Waals surface area (Å²) in [6.07, 6.45) is 3.03. The standard InChI is InChI=1S/C15H20FN3O2.ClH/c16-12-4-2-11(3-5-12)15(6-1-7-15)10-19-14(21)9-18-13(20)8-17;/h2-5H,1,6-10,17H2,(H,18,20)(H,19,21);1H. The molecule has 0 unspecified atom stereocenters. The van der Waals surface area contributed by atoms with Crippen LogP contribution in [0.5, 0.6) is 0 Å². The Bertz CT molecular complexity index is 518. The molecule has 1 saturated carbocycles. The van der Waals surface area contributed by atoms with Crippen LogP contribution in [0.3, 0.4) is 0 Å². The van der Waals surface area contributed by atoms with E-state index in [-0.39, 0.29) is 48.5 Å². The Morgan fingerprint density at radius 1 is 1.14 bits per heavy atom. The van der Waals surface area contributed by atoms with Gasteiger partial charge < -0.3 is 16.4 Å². The molecule has 0 radical (unpaired) electrons. The number of benzene rings is 1. The van der Waals surface area contributed by atoms with Gasteiger partial charge in [0.1, 0.15) is 5.82 Å². The van der Waals surface area contributed by atoms with Crippen molar-refractivity contribution in [3.8, 4) is 0 Å². The first-order valence-corrected chi connectivity index (χ1v) is 7.05. The lowest BCUT2D eigenvalue weighted by Crippen LogP contribution is -2.48. The van der Waals surface area contributed by atoms with E-state index in [4.69, 9.17) is 5.73 Å². The Morgan fingerprint density at radius 3 is 2.27 bits per heavy atom. The second-order valence-electron chi connectivity index (χ2n) is 5.40. The molecule has 0 atom stereocenters. The van der Waals surface area contributed by atoms with Crippen molar-refractivity contribution in [2.24, 2.45) is 5.73 Å². The van der Waals surface area contributed by atoms with Crippen LogP contribution in [0.15, 0.2) is 24.3 Å². The first-order chi connectivity index (χ1) is 10.1. The first kappa shape index (κ1) is 18.4. The van der Waals surface area contributed by atoms with Gasteiger partial charge in [0.05, 0.1) is 13.1 Å². The molecule has 0 bridgehead atoms. The average molecular weight is 330 g/mol. The molecule has 1 fully saturated rings. The molecule has 0 spiro atoms. The molecular weight excluding hydrogens is 309 g/mol. The maximum absolute atomic E-state index is 13.0. The van der Waals surface area contributed by atoms with Gasteiger partial charge >= 0.3 is 0 Å². The van der Waals surface area contributed by atoms with E-state index in [1.165, 1.54) is 12.1 Å². The van der Waals surface area contributed by atoms with Crippen molar-refractivity contribution in [2.75, 3.05) is 19.6 Å². The second-order valence-corrected chi connectivity index (χ2v) is 5.40. The number of nitrogens with two attached hydrogens (primary N) is 1. The van der Waals surface area contributed by atoms with Crippen LogP contribution < -0.4 is 16.4 Å². The normalized spacial score (nSPS) is 15.2. The van der Waals surface area contributed by atoms with Gasteiger partial charge in [-0.3, -0.25) is 9.59 Å². The van der Waals surface area contributed by atoms with Gasteiger partial charge in [0.25, 0.3) is 0 Å². The molecule has 1 aliphatic carbocycles. The number of halogens is 2. The molecule has 1 aromatic rings. The Kier molecular flexibility index (Phi) is 6.77. The fourth-order valence-corrected chi connectivity index (χ4v) is 2.56. The molecule has 0 aromatic heterocycles. The highest BCUT2D eigenvalue weighted by atomic mass is 35.5. The van der Waals surface area contributed by atoms with E-state index in [1.807, 2.05) is 0 Å². The van der Waals surface area contributed by atoms with Crippen LogP contribution in [0.4, 0.5) is 4.39 Å². The minimum absolute atomic E-state index is 0. The van der Waals surface area contributed by atoms with Crippen LogP contribution in [0.25, 0.3) is 0 Å². The van der Waals surface area contributed by atoms with E-state index in [9.17, 15) is 14.0 Å². The molecule has 0 aliphatic heterocycles. The maximum atomic E-state index is 13.0. The smallest absolute Gasteiger partial charge is 0.239 e. The van der Waals surface area contributed by atoms with Crippen LogP contribution in [0.1, 0.15) is 24.8 Å². The van der Waals surface area contributed by atoms with Crippen molar-refractivity contribution in [3.05, 3.63) is 35.6 Å². The topological polar surface area (TPSA) is 84.2 Å². The van der Waals surface area contributed by atoms with Gasteiger partial charge in [-0.25, -0.2) is 4.39 Å². The summed E-state index contributed by atoms with van der Waals surface area (Å²) < 4.78 is 13.0.